The fourth-order valence-corrected chi connectivity index (χ4v) is 3.57. The van der Waals surface area contributed by atoms with Crippen LogP contribution in [-0.2, 0) is 20.9 Å². The summed E-state index contributed by atoms with van der Waals surface area (Å²) >= 11 is 6.07. The molecule has 0 aromatic heterocycles. The van der Waals surface area contributed by atoms with Crippen LogP contribution in [0.25, 0.3) is 0 Å². The van der Waals surface area contributed by atoms with Crippen LogP contribution in [0.15, 0.2) is 71.8 Å². The van der Waals surface area contributed by atoms with E-state index in [1.165, 1.54) is 11.8 Å². The molecule has 10 heteroatoms. The highest BCUT2D eigenvalue weighted by molar-refractivity contribution is 6.35. The maximum atomic E-state index is 12.3. The van der Waals surface area contributed by atoms with Gasteiger partial charge in [-0.2, -0.15) is 5.10 Å². The molecular weight excluding hydrogens is 520 g/mol. The van der Waals surface area contributed by atoms with Crippen molar-refractivity contribution >= 4 is 41.2 Å². The lowest BCUT2D eigenvalue weighted by Crippen LogP contribution is -2.37. The summed E-state index contributed by atoms with van der Waals surface area (Å²) in [5.74, 6) is -0.914. The van der Waals surface area contributed by atoms with Crippen molar-refractivity contribution in [1.82, 2.24) is 10.7 Å². The van der Waals surface area contributed by atoms with Gasteiger partial charge in [0, 0.05) is 6.54 Å². The summed E-state index contributed by atoms with van der Waals surface area (Å²) in [6.45, 7) is 6.35. The molecule has 0 heterocycles. The van der Waals surface area contributed by atoms with Crippen molar-refractivity contribution in [2.45, 2.75) is 33.2 Å². The first-order valence-corrected chi connectivity index (χ1v) is 12.8. The Kier molecular flexibility index (Phi) is 10.9. The average Bonchev–Trinajstić information content (AvgIpc) is 2.93. The first-order chi connectivity index (χ1) is 18.8. The molecule has 0 bridgehead atoms. The molecule has 3 amide bonds. The molecule has 39 heavy (non-hydrogen) atoms. The summed E-state index contributed by atoms with van der Waals surface area (Å²) in [6, 6.07) is 19.6. The molecule has 9 nitrogen and oxygen atoms in total. The maximum Gasteiger partial charge on any atom is 0.329 e. The molecule has 3 rings (SSSR count). The Hall–Kier alpha value is -4.37. The highest BCUT2D eigenvalue weighted by Gasteiger charge is 2.13. The number of hydrogen-bond acceptors (Lipinski definition) is 6. The number of nitrogens with zero attached hydrogens (tertiary/aromatic N) is 1. The standard InChI is InChI=1S/C29H31ClN4O5/c1-4-38-26-15-21(11-14-25(26)39-18-27(35)33-24-8-6-5-7-23(24)30)17-32-34-29(37)28(36)31-16-20-9-12-22(13-10-20)19(2)3/h5-15,17,19H,4,16,18H2,1-3H3,(H,31,36)(H,33,35)(H,34,37)/b32-17-. The highest BCUT2D eigenvalue weighted by Crippen LogP contribution is 2.28. The van der Waals surface area contributed by atoms with Crippen molar-refractivity contribution in [2.75, 3.05) is 18.5 Å². The van der Waals surface area contributed by atoms with E-state index in [2.05, 4.69) is 35.0 Å². The minimum atomic E-state index is -0.889. The van der Waals surface area contributed by atoms with Crippen LogP contribution in [0.5, 0.6) is 11.5 Å². The predicted molar refractivity (Wildman–Crippen MR) is 151 cm³/mol. The minimum absolute atomic E-state index is 0.226. The lowest BCUT2D eigenvalue weighted by atomic mass is 10.0. The third kappa shape index (κ3) is 9.15. The lowest BCUT2D eigenvalue weighted by molar-refractivity contribution is -0.139. The second-order valence-electron chi connectivity index (χ2n) is 8.73. The normalized spacial score (nSPS) is 10.8. The quantitative estimate of drug-likeness (QED) is 0.182. The van der Waals surface area contributed by atoms with Gasteiger partial charge in [0.2, 0.25) is 0 Å². The number of benzene rings is 3. The topological polar surface area (TPSA) is 118 Å². The summed E-state index contributed by atoms with van der Waals surface area (Å²) in [5, 5.41) is 9.53. The summed E-state index contributed by atoms with van der Waals surface area (Å²) in [5.41, 5.74) is 5.36. The van der Waals surface area contributed by atoms with E-state index in [0.29, 0.717) is 40.3 Å². The van der Waals surface area contributed by atoms with E-state index in [4.69, 9.17) is 21.1 Å². The molecule has 0 saturated heterocycles. The lowest BCUT2D eigenvalue weighted by Gasteiger charge is -2.13. The van der Waals surface area contributed by atoms with Crippen molar-refractivity contribution < 1.29 is 23.9 Å². The van der Waals surface area contributed by atoms with Crippen LogP contribution in [0.4, 0.5) is 5.69 Å². The molecule has 0 aliphatic rings. The molecule has 0 aliphatic heterocycles. The van der Waals surface area contributed by atoms with Gasteiger partial charge < -0.3 is 20.1 Å². The van der Waals surface area contributed by atoms with Gasteiger partial charge in [0.25, 0.3) is 5.91 Å². The number of hydrogen-bond donors (Lipinski definition) is 3. The average molecular weight is 551 g/mol. The van der Waals surface area contributed by atoms with Crippen molar-refractivity contribution in [2.24, 2.45) is 5.10 Å². The third-order valence-corrected chi connectivity index (χ3v) is 5.79. The Labute approximate surface area is 232 Å². The van der Waals surface area contributed by atoms with E-state index in [1.807, 2.05) is 31.2 Å². The number of nitrogens with one attached hydrogen (secondary N) is 3. The van der Waals surface area contributed by atoms with Crippen LogP contribution in [-0.4, -0.2) is 37.1 Å². The Morgan fingerprint density at radius 1 is 0.949 bits per heavy atom. The minimum Gasteiger partial charge on any atom is -0.490 e. The Balaban J connectivity index is 1.51. The largest absolute Gasteiger partial charge is 0.490 e. The second kappa shape index (κ2) is 14.5. The fraction of sp³-hybridized carbons (Fsp3) is 0.241. The van der Waals surface area contributed by atoms with Crippen molar-refractivity contribution in [1.29, 1.82) is 0 Å². The highest BCUT2D eigenvalue weighted by atomic mass is 35.5. The van der Waals surface area contributed by atoms with Crippen LogP contribution >= 0.6 is 11.6 Å². The number of ether oxygens (including phenoxy) is 2. The zero-order valence-corrected chi connectivity index (χ0v) is 22.7. The molecule has 0 radical (unpaired) electrons. The molecule has 0 saturated carbocycles. The van der Waals surface area contributed by atoms with E-state index < -0.39 is 11.8 Å². The summed E-state index contributed by atoms with van der Waals surface area (Å²) in [6.07, 6.45) is 1.37. The zero-order chi connectivity index (χ0) is 28.2. The van der Waals surface area contributed by atoms with E-state index in [-0.39, 0.29) is 19.1 Å². The first kappa shape index (κ1) is 29.2. The molecular formula is C29H31ClN4O5. The predicted octanol–water partition coefficient (Wildman–Crippen LogP) is 4.65. The van der Waals surface area contributed by atoms with Gasteiger partial charge in [0.05, 0.1) is 23.5 Å². The molecule has 0 atom stereocenters. The van der Waals surface area contributed by atoms with Gasteiger partial charge in [0.1, 0.15) is 0 Å². The smallest absolute Gasteiger partial charge is 0.329 e. The van der Waals surface area contributed by atoms with Gasteiger partial charge in [-0.15, -0.1) is 0 Å². The van der Waals surface area contributed by atoms with Crippen LogP contribution in [0.2, 0.25) is 5.02 Å². The van der Waals surface area contributed by atoms with Crippen LogP contribution in [0, 0.1) is 0 Å². The van der Waals surface area contributed by atoms with Gasteiger partial charge in [-0.1, -0.05) is 61.8 Å². The summed E-state index contributed by atoms with van der Waals surface area (Å²) in [7, 11) is 0. The van der Waals surface area contributed by atoms with Crippen LogP contribution in [0.1, 0.15) is 43.4 Å². The number of carbonyl (C=O) groups is 3. The van der Waals surface area contributed by atoms with Gasteiger partial charge >= 0.3 is 11.8 Å². The number of para-hydroxylation sites is 1. The summed E-state index contributed by atoms with van der Waals surface area (Å²) < 4.78 is 11.2. The molecule has 204 valence electrons. The van der Waals surface area contributed by atoms with Crippen LogP contribution < -0.4 is 25.5 Å². The first-order valence-electron chi connectivity index (χ1n) is 12.4. The molecule has 0 unspecified atom stereocenters. The van der Waals surface area contributed by atoms with Gasteiger partial charge in [0.15, 0.2) is 18.1 Å². The molecule has 3 aromatic rings. The Morgan fingerprint density at radius 3 is 2.38 bits per heavy atom. The number of rotatable bonds is 11. The van der Waals surface area contributed by atoms with Crippen molar-refractivity contribution in [3.8, 4) is 11.5 Å². The SMILES string of the molecule is CCOc1cc(/C=N\NC(=O)C(=O)NCc2ccc(C(C)C)cc2)ccc1OCC(=O)Nc1ccccc1Cl. The molecule has 0 spiro atoms. The van der Waals surface area contributed by atoms with Gasteiger partial charge in [-0.3, -0.25) is 14.4 Å². The summed E-state index contributed by atoms with van der Waals surface area (Å²) in [4.78, 5) is 36.5. The van der Waals surface area contributed by atoms with Crippen molar-refractivity contribution in [3.05, 3.63) is 88.4 Å². The number of anilines is 1. The van der Waals surface area contributed by atoms with Crippen molar-refractivity contribution in [3.63, 3.8) is 0 Å². The van der Waals surface area contributed by atoms with Gasteiger partial charge in [-0.25, -0.2) is 5.43 Å². The zero-order valence-electron chi connectivity index (χ0n) is 22.0. The fourth-order valence-electron chi connectivity index (χ4n) is 3.38. The maximum absolute atomic E-state index is 12.3. The molecule has 3 aromatic carbocycles. The number of halogens is 1. The molecule has 0 fully saturated rings. The van der Waals surface area contributed by atoms with E-state index >= 15 is 0 Å². The van der Waals surface area contributed by atoms with Gasteiger partial charge in [-0.05, 0) is 59.9 Å². The Morgan fingerprint density at radius 2 is 1.69 bits per heavy atom. The number of amides is 3. The third-order valence-electron chi connectivity index (χ3n) is 5.46. The monoisotopic (exact) mass is 550 g/mol. The van der Waals surface area contributed by atoms with E-state index in [9.17, 15) is 14.4 Å². The number of carbonyl (C=O) groups excluding carboxylic acids is 3. The second-order valence-corrected chi connectivity index (χ2v) is 9.14. The van der Waals surface area contributed by atoms with E-state index in [0.717, 1.165) is 5.56 Å². The number of hydrazone groups is 1. The Bertz CT molecular complexity index is 1330. The van der Waals surface area contributed by atoms with E-state index in [1.54, 1.807) is 42.5 Å². The molecule has 0 aliphatic carbocycles. The van der Waals surface area contributed by atoms with Crippen LogP contribution in [0.3, 0.4) is 0 Å². The molecule has 3 N–H and O–H groups in total.